The maximum atomic E-state index is 11.4. The molecular weight excluding hydrogens is 306 g/mol. The van der Waals surface area contributed by atoms with Crippen molar-refractivity contribution in [1.29, 1.82) is 0 Å². The van der Waals surface area contributed by atoms with Crippen LogP contribution in [-0.2, 0) is 19.3 Å². The van der Waals surface area contributed by atoms with Crippen LogP contribution in [0.4, 0.5) is 4.79 Å². The molecule has 24 heavy (non-hydrogen) atoms. The van der Waals surface area contributed by atoms with Crippen molar-refractivity contribution in [3.63, 3.8) is 0 Å². The van der Waals surface area contributed by atoms with Crippen LogP contribution < -0.4 is 4.74 Å². The van der Waals surface area contributed by atoms with Crippen molar-refractivity contribution in [1.82, 2.24) is 4.57 Å². The van der Waals surface area contributed by atoms with E-state index in [2.05, 4.69) is 6.07 Å². The Morgan fingerprint density at radius 2 is 2.08 bits per heavy atom. The van der Waals surface area contributed by atoms with Gasteiger partial charge in [-0.15, -0.1) is 0 Å². The van der Waals surface area contributed by atoms with Crippen LogP contribution in [0.5, 0.6) is 11.5 Å². The van der Waals surface area contributed by atoms with Gasteiger partial charge in [0.05, 0.1) is 12.1 Å². The summed E-state index contributed by atoms with van der Waals surface area (Å²) in [5.41, 5.74) is 3.76. The van der Waals surface area contributed by atoms with Crippen LogP contribution in [0.1, 0.15) is 16.7 Å². The molecule has 122 valence electrons. The highest BCUT2D eigenvalue weighted by Gasteiger charge is 2.16. The molecule has 2 N–H and O–H groups in total. The van der Waals surface area contributed by atoms with Crippen LogP contribution in [0, 0.1) is 0 Å². The summed E-state index contributed by atoms with van der Waals surface area (Å²) in [6.45, 7) is 0.735. The van der Waals surface area contributed by atoms with Crippen LogP contribution in [0.2, 0.25) is 0 Å². The van der Waals surface area contributed by atoms with Crippen molar-refractivity contribution in [3.05, 3.63) is 59.3 Å². The van der Waals surface area contributed by atoms with E-state index < -0.39 is 6.09 Å². The topological polar surface area (TPSA) is 71.7 Å². The third-order valence-corrected chi connectivity index (χ3v) is 4.53. The molecule has 1 aliphatic heterocycles. The highest BCUT2D eigenvalue weighted by molar-refractivity contribution is 5.95. The minimum Gasteiger partial charge on any atom is -0.507 e. The molecule has 0 bridgehead atoms. The van der Waals surface area contributed by atoms with E-state index in [1.165, 1.54) is 15.7 Å². The number of hydrogen-bond acceptors (Lipinski definition) is 3. The highest BCUT2D eigenvalue weighted by atomic mass is 16.5. The molecule has 1 aromatic heterocycles. The van der Waals surface area contributed by atoms with Crippen LogP contribution in [-0.4, -0.2) is 27.5 Å². The van der Waals surface area contributed by atoms with Crippen molar-refractivity contribution in [2.75, 3.05) is 6.61 Å². The summed E-state index contributed by atoms with van der Waals surface area (Å²) in [6, 6.07) is 11.1. The Morgan fingerprint density at radius 3 is 2.92 bits per heavy atom. The van der Waals surface area contributed by atoms with Crippen LogP contribution in [0.3, 0.4) is 0 Å². The number of nitrogens with zero attached hydrogens (tertiary/aromatic N) is 1. The van der Waals surface area contributed by atoms with Gasteiger partial charge in [0.15, 0.2) is 0 Å². The van der Waals surface area contributed by atoms with Crippen molar-refractivity contribution in [3.8, 4) is 11.5 Å². The zero-order valence-corrected chi connectivity index (χ0v) is 13.0. The van der Waals surface area contributed by atoms with Gasteiger partial charge in [0.2, 0.25) is 0 Å². The number of phenolic OH excluding ortho intramolecular Hbond substituents is 1. The smallest absolute Gasteiger partial charge is 0.416 e. The molecule has 0 saturated heterocycles. The molecule has 4 rings (SSSR count). The fourth-order valence-electron chi connectivity index (χ4n) is 3.37. The monoisotopic (exact) mass is 323 g/mol. The molecule has 0 unspecified atom stereocenters. The summed E-state index contributed by atoms with van der Waals surface area (Å²) in [7, 11) is 0. The standard InChI is InChI=1S/C19H17NO4/c21-16-3-1-2-15-18(16)14(11-20(15)19(22)23)6-4-12-5-7-17-13(10-12)8-9-24-17/h1-3,5,7,10-11,21H,4,6,8-9H2,(H,22,23). The Labute approximate surface area is 138 Å². The number of aromatic nitrogens is 1. The fraction of sp³-hybridized carbons (Fsp3) is 0.211. The van der Waals surface area contributed by atoms with Crippen molar-refractivity contribution >= 4 is 17.0 Å². The van der Waals surface area contributed by atoms with Crippen molar-refractivity contribution < 1.29 is 19.7 Å². The first kappa shape index (κ1) is 14.6. The number of aryl methyl sites for hydroxylation is 2. The zero-order valence-electron chi connectivity index (χ0n) is 13.0. The summed E-state index contributed by atoms with van der Waals surface area (Å²) in [4.78, 5) is 11.4. The number of aromatic hydroxyl groups is 1. The first-order chi connectivity index (χ1) is 11.6. The molecule has 2 heterocycles. The van der Waals surface area contributed by atoms with E-state index in [4.69, 9.17) is 4.74 Å². The molecule has 0 fully saturated rings. The van der Waals surface area contributed by atoms with Gasteiger partial charge in [-0.1, -0.05) is 18.2 Å². The quantitative estimate of drug-likeness (QED) is 0.772. The second-order valence-electron chi connectivity index (χ2n) is 6.02. The predicted molar refractivity (Wildman–Crippen MR) is 90.1 cm³/mol. The summed E-state index contributed by atoms with van der Waals surface area (Å²) in [6.07, 6.45) is 2.92. The molecule has 2 aromatic carbocycles. The first-order valence-corrected chi connectivity index (χ1v) is 7.93. The Balaban J connectivity index is 1.66. The van der Waals surface area contributed by atoms with E-state index in [-0.39, 0.29) is 5.75 Å². The average Bonchev–Trinajstić information content (AvgIpc) is 3.17. The lowest BCUT2D eigenvalue weighted by Gasteiger charge is -2.04. The molecule has 0 atom stereocenters. The molecule has 0 amide bonds. The Hall–Kier alpha value is -2.95. The summed E-state index contributed by atoms with van der Waals surface area (Å²) in [5, 5.41) is 20.1. The second-order valence-corrected chi connectivity index (χ2v) is 6.02. The largest absolute Gasteiger partial charge is 0.507 e. The maximum Gasteiger partial charge on any atom is 0.416 e. The van der Waals surface area contributed by atoms with E-state index >= 15 is 0 Å². The van der Waals surface area contributed by atoms with Crippen LogP contribution in [0.15, 0.2) is 42.6 Å². The molecule has 0 aliphatic carbocycles. The van der Waals surface area contributed by atoms with Gasteiger partial charge in [0.1, 0.15) is 11.5 Å². The second kappa shape index (κ2) is 5.60. The number of phenols is 1. The SMILES string of the molecule is O=C(O)n1cc(CCc2ccc3c(c2)CCO3)c2c(O)cccc21. The number of benzene rings is 2. The normalized spacial score (nSPS) is 13.0. The maximum absolute atomic E-state index is 11.4. The fourth-order valence-corrected chi connectivity index (χ4v) is 3.37. The van der Waals surface area contributed by atoms with Gasteiger partial charge in [-0.3, -0.25) is 4.57 Å². The van der Waals surface area contributed by atoms with E-state index in [9.17, 15) is 15.0 Å². The minimum atomic E-state index is -1.05. The van der Waals surface area contributed by atoms with Gasteiger partial charge in [-0.25, -0.2) is 4.79 Å². The van der Waals surface area contributed by atoms with Crippen molar-refractivity contribution in [2.45, 2.75) is 19.3 Å². The third kappa shape index (κ3) is 2.38. The van der Waals surface area contributed by atoms with Crippen LogP contribution in [0.25, 0.3) is 10.9 Å². The Morgan fingerprint density at radius 1 is 1.21 bits per heavy atom. The molecular formula is C19H17NO4. The van der Waals surface area contributed by atoms with Crippen molar-refractivity contribution in [2.24, 2.45) is 0 Å². The lowest BCUT2D eigenvalue weighted by atomic mass is 10.0. The summed E-state index contributed by atoms with van der Waals surface area (Å²) >= 11 is 0. The van der Waals surface area contributed by atoms with E-state index in [1.54, 1.807) is 24.4 Å². The summed E-state index contributed by atoms with van der Waals surface area (Å²) < 4.78 is 6.69. The predicted octanol–water partition coefficient (Wildman–Crippen LogP) is 3.59. The lowest BCUT2D eigenvalue weighted by Crippen LogP contribution is -2.05. The molecule has 1 aliphatic rings. The average molecular weight is 323 g/mol. The molecule has 0 saturated carbocycles. The highest BCUT2D eigenvalue weighted by Crippen LogP contribution is 2.31. The van der Waals surface area contributed by atoms with E-state index in [1.807, 2.05) is 12.1 Å². The zero-order chi connectivity index (χ0) is 16.7. The van der Waals surface area contributed by atoms with Gasteiger partial charge < -0.3 is 14.9 Å². The number of ether oxygens (including phenoxy) is 1. The number of carboxylic acid groups (broad SMARTS) is 1. The Bertz CT molecular complexity index is 942. The number of fused-ring (bicyclic) bond motifs is 2. The van der Waals surface area contributed by atoms with Gasteiger partial charge in [-0.2, -0.15) is 0 Å². The number of carbonyl (C=O) groups is 1. The van der Waals surface area contributed by atoms with Gasteiger partial charge in [-0.05, 0) is 47.7 Å². The third-order valence-electron chi connectivity index (χ3n) is 4.53. The van der Waals surface area contributed by atoms with Gasteiger partial charge >= 0.3 is 6.09 Å². The minimum absolute atomic E-state index is 0.116. The molecule has 5 nitrogen and oxygen atoms in total. The van der Waals surface area contributed by atoms with Gasteiger partial charge in [0.25, 0.3) is 0 Å². The van der Waals surface area contributed by atoms with E-state index in [0.717, 1.165) is 30.8 Å². The number of rotatable bonds is 3. The Kier molecular flexibility index (Phi) is 3.41. The van der Waals surface area contributed by atoms with E-state index in [0.29, 0.717) is 17.3 Å². The lowest BCUT2D eigenvalue weighted by molar-refractivity contribution is 0.197. The molecule has 0 radical (unpaired) electrons. The van der Waals surface area contributed by atoms with Gasteiger partial charge in [0, 0.05) is 18.0 Å². The van der Waals surface area contributed by atoms with Crippen LogP contribution >= 0.6 is 0 Å². The first-order valence-electron chi connectivity index (χ1n) is 7.93. The molecule has 3 aromatic rings. The molecule has 0 spiro atoms. The summed E-state index contributed by atoms with van der Waals surface area (Å²) in [5.74, 6) is 1.07. The number of hydrogen-bond donors (Lipinski definition) is 2. The molecule has 5 heteroatoms.